The van der Waals surface area contributed by atoms with Crippen molar-refractivity contribution >= 4 is 39.3 Å². The average molecular weight is 478 g/mol. The second kappa shape index (κ2) is 10.8. The normalized spacial score (nSPS) is 15.2. The minimum Gasteiger partial charge on any atom is -0.495 e. The number of carbonyl (C=O) groups is 1. The van der Waals surface area contributed by atoms with E-state index in [1.54, 1.807) is 17.0 Å². The number of methoxy groups -OCH3 is 1. The molecule has 32 heavy (non-hydrogen) atoms. The molecule has 1 saturated heterocycles. The van der Waals surface area contributed by atoms with E-state index in [-0.39, 0.29) is 17.5 Å². The zero-order valence-corrected chi connectivity index (χ0v) is 19.8. The number of halogens is 1. The van der Waals surface area contributed by atoms with Gasteiger partial charge in [-0.2, -0.15) is 0 Å². The Hall–Kier alpha value is -2.55. The molecular formula is C23H28ClN3O4S. The summed E-state index contributed by atoms with van der Waals surface area (Å²) in [6.45, 7) is 3.11. The summed E-state index contributed by atoms with van der Waals surface area (Å²) >= 11 is 6.15. The van der Waals surface area contributed by atoms with E-state index in [0.717, 1.165) is 35.8 Å². The number of sulfonamides is 1. The Morgan fingerprint density at radius 3 is 2.41 bits per heavy atom. The second-order valence-electron chi connectivity index (χ2n) is 7.58. The van der Waals surface area contributed by atoms with Crippen LogP contribution in [-0.4, -0.2) is 76.8 Å². The SMILES string of the molecule is COc1ccc(N(CC(=O)N2CCN(C/C=C/c3ccccc3)CC2)S(C)(=O)=O)cc1Cl. The number of ether oxygens (including phenoxy) is 1. The molecule has 0 bridgehead atoms. The Balaban J connectivity index is 1.57. The number of carbonyl (C=O) groups excluding carboxylic acids is 1. The molecule has 0 unspecified atom stereocenters. The second-order valence-corrected chi connectivity index (χ2v) is 9.90. The molecule has 1 heterocycles. The van der Waals surface area contributed by atoms with Crippen LogP contribution >= 0.6 is 11.6 Å². The van der Waals surface area contributed by atoms with Gasteiger partial charge in [-0.15, -0.1) is 0 Å². The van der Waals surface area contributed by atoms with E-state index in [4.69, 9.17) is 16.3 Å². The van der Waals surface area contributed by atoms with Crippen LogP contribution in [0.3, 0.4) is 0 Å². The number of rotatable bonds is 8. The summed E-state index contributed by atoms with van der Waals surface area (Å²) in [7, 11) is -2.19. The van der Waals surface area contributed by atoms with E-state index >= 15 is 0 Å². The highest BCUT2D eigenvalue weighted by Gasteiger charge is 2.26. The molecule has 1 aliphatic heterocycles. The lowest BCUT2D eigenvalue weighted by molar-refractivity contribution is -0.131. The lowest BCUT2D eigenvalue weighted by Crippen LogP contribution is -2.51. The van der Waals surface area contributed by atoms with Gasteiger partial charge in [-0.1, -0.05) is 54.1 Å². The summed E-state index contributed by atoms with van der Waals surface area (Å²) in [5.74, 6) is 0.203. The van der Waals surface area contributed by atoms with Crippen LogP contribution in [0.15, 0.2) is 54.6 Å². The monoisotopic (exact) mass is 477 g/mol. The number of hydrogen-bond acceptors (Lipinski definition) is 5. The largest absolute Gasteiger partial charge is 0.495 e. The fraction of sp³-hybridized carbons (Fsp3) is 0.348. The molecule has 0 saturated carbocycles. The molecule has 1 amide bonds. The van der Waals surface area contributed by atoms with E-state index < -0.39 is 10.0 Å². The van der Waals surface area contributed by atoms with Gasteiger partial charge in [0.25, 0.3) is 0 Å². The molecular weight excluding hydrogens is 450 g/mol. The van der Waals surface area contributed by atoms with Crippen molar-refractivity contribution in [2.75, 3.05) is 56.9 Å². The number of nitrogens with zero attached hydrogens (tertiary/aromatic N) is 3. The van der Waals surface area contributed by atoms with Crippen LogP contribution < -0.4 is 9.04 Å². The van der Waals surface area contributed by atoms with Gasteiger partial charge in [0.05, 0.1) is 24.1 Å². The Morgan fingerprint density at radius 2 is 1.81 bits per heavy atom. The Kier molecular flexibility index (Phi) is 8.17. The molecule has 9 heteroatoms. The maximum atomic E-state index is 12.9. The van der Waals surface area contributed by atoms with Gasteiger partial charge < -0.3 is 9.64 Å². The Labute approximate surface area is 194 Å². The van der Waals surface area contributed by atoms with E-state index in [9.17, 15) is 13.2 Å². The molecule has 0 radical (unpaired) electrons. The summed E-state index contributed by atoms with van der Waals surface area (Å²) in [5, 5.41) is 0.281. The molecule has 172 valence electrons. The van der Waals surface area contributed by atoms with E-state index in [2.05, 4.69) is 29.2 Å². The van der Waals surface area contributed by atoms with Crippen molar-refractivity contribution in [2.45, 2.75) is 0 Å². The molecule has 0 aliphatic carbocycles. The Morgan fingerprint density at radius 1 is 1.12 bits per heavy atom. The topological polar surface area (TPSA) is 70.2 Å². The van der Waals surface area contributed by atoms with Gasteiger partial charge in [0.2, 0.25) is 15.9 Å². The van der Waals surface area contributed by atoms with Crippen LogP contribution in [0, 0.1) is 0 Å². The highest BCUT2D eigenvalue weighted by atomic mass is 35.5. The summed E-state index contributed by atoms with van der Waals surface area (Å²) in [6, 6.07) is 14.8. The number of piperazine rings is 1. The zero-order chi connectivity index (χ0) is 23.1. The average Bonchev–Trinajstić information content (AvgIpc) is 2.77. The smallest absolute Gasteiger partial charge is 0.243 e. The van der Waals surface area contributed by atoms with Gasteiger partial charge in [0, 0.05) is 32.7 Å². The molecule has 0 spiro atoms. The van der Waals surface area contributed by atoms with E-state index in [1.807, 2.05) is 18.2 Å². The van der Waals surface area contributed by atoms with Gasteiger partial charge in [0.1, 0.15) is 12.3 Å². The minimum atomic E-state index is -3.67. The van der Waals surface area contributed by atoms with Crippen LogP contribution in [0.4, 0.5) is 5.69 Å². The van der Waals surface area contributed by atoms with E-state index in [1.165, 1.54) is 13.2 Å². The first kappa shape index (κ1) is 24.1. The molecule has 1 fully saturated rings. The quantitative estimate of drug-likeness (QED) is 0.584. The third-order valence-electron chi connectivity index (χ3n) is 5.30. The van der Waals surface area contributed by atoms with Gasteiger partial charge >= 0.3 is 0 Å². The molecule has 7 nitrogen and oxygen atoms in total. The van der Waals surface area contributed by atoms with Crippen LogP contribution in [0.2, 0.25) is 5.02 Å². The standard InChI is InChI=1S/C23H28ClN3O4S/c1-31-22-11-10-20(17-21(22)24)27(32(2,29)30)18-23(28)26-15-13-25(14-16-26)12-6-9-19-7-4-3-5-8-19/h3-11,17H,12-16,18H2,1-2H3/b9-6+. The molecule has 3 rings (SSSR count). The van der Waals surface area contributed by atoms with Crippen molar-refractivity contribution in [1.82, 2.24) is 9.80 Å². The predicted molar refractivity (Wildman–Crippen MR) is 129 cm³/mol. The lowest BCUT2D eigenvalue weighted by atomic mass is 10.2. The van der Waals surface area contributed by atoms with Crippen molar-refractivity contribution in [3.8, 4) is 5.75 Å². The van der Waals surface area contributed by atoms with Crippen molar-refractivity contribution in [3.05, 3.63) is 65.2 Å². The van der Waals surface area contributed by atoms with Gasteiger partial charge in [-0.25, -0.2) is 8.42 Å². The molecule has 2 aromatic carbocycles. The van der Waals surface area contributed by atoms with Crippen LogP contribution in [-0.2, 0) is 14.8 Å². The number of amides is 1. The summed E-state index contributed by atoms with van der Waals surface area (Å²) in [5.41, 5.74) is 1.48. The highest BCUT2D eigenvalue weighted by molar-refractivity contribution is 7.92. The first-order valence-electron chi connectivity index (χ1n) is 10.3. The number of anilines is 1. The third kappa shape index (κ3) is 6.48. The van der Waals surface area contributed by atoms with Gasteiger partial charge in [-0.05, 0) is 23.8 Å². The van der Waals surface area contributed by atoms with Crippen molar-refractivity contribution in [2.24, 2.45) is 0 Å². The summed E-state index contributed by atoms with van der Waals surface area (Å²) in [4.78, 5) is 16.8. The van der Waals surface area contributed by atoms with Crippen molar-refractivity contribution in [1.29, 1.82) is 0 Å². The van der Waals surface area contributed by atoms with Crippen LogP contribution in [0.1, 0.15) is 5.56 Å². The number of hydrogen-bond donors (Lipinski definition) is 0. The minimum absolute atomic E-state index is 0.234. The molecule has 2 aromatic rings. The molecule has 0 aromatic heterocycles. The molecule has 0 atom stereocenters. The highest BCUT2D eigenvalue weighted by Crippen LogP contribution is 2.30. The number of benzene rings is 2. The van der Waals surface area contributed by atoms with Gasteiger partial charge in [-0.3, -0.25) is 14.0 Å². The summed E-state index contributed by atoms with van der Waals surface area (Å²) < 4.78 is 30.9. The molecule has 0 N–H and O–H groups in total. The predicted octanol–water partition coefficient (Wildman–Crippen LogP) is 2.97. The van der Waals surface area contributed by atoms with E-state index in [0.29, 0.717) is 24.5 Å². The van der Waals surface area contributed by atoms with Gasteiger partial charge in [0.15, 0.2) is 0 Å². The first-order valence-corrected chi connectivity index (χ1v) is 12.5. The summed E-state index contributed by atoms with van der Waals surface area (Å²) in [6.07, 6.45) is 5.28. The van der Waals surface area contributed by atoms with Crippen molar-refractivity contribution < 1.29 is 17.9 Å². The maximum absolute atomic E-state index is 12.9. The fourth-order valence-electron chi connectivity index (χ4n) is 3.52. The fourth-order valence-corrected chi connectivity index (χ4v) is 4.61. The first-order chi connectivity index (χ1) is 15.3. The lowest BCUT2D eigenvalue weighted by Gasteiger charge is -2.35. The van der Waals surface area contributed by atoms with Crippen LogP contribution in [0.5, 0.6) is 5.75 Å². The maximum Gasteiger partial charge on any atom is 0.243 e. The third-order valence-corrected chi connectivity index (χ3v) is 6.74. The van der Waals surface area contributed by atoms with Crippen molar-refractivity contribution in [3.63, 3.8) is 0 Å². The van der Waals surface area contributed by atoms with Crippen LogP contribution in [0.25, 0.3) is 6.08 Å². The Bertz CT molecular complexity index is 1050. The zero-order valence-electron chi connectivity index (χ0n) is 18.3. The molecule has 1 aliphatic rings.